The lowest BCUT2D eigenvalue weighted by Gasteiger charge is -2.31. The zero-order valence-corrected chi connectivity index (χ0v) is 17.7. The molecule has 0 saturated carbocycles. The van der Waals surface area contributed by atoms with Gasteiger partial charge in [-0.15, -0.1) is 0 Å². The maximum Gasteiger partial charge on any atom is 0.203 e. The molecule has 0 unspecified atom stereocenters. The molecule has 0 aliphatic carbocycles. The molecule has 0 saturated heterocycles. The predicted octanol–water partition coefficient (Wildman–Crippen LogP) is 4.08. The van der Waals surface area contributed by atoms with Gasteiger partial charge in [0.15, 0.2) is 0 Å². The normalized spacial score (nSPS) is 12.6. The summed E-state index contributed by atoms with van der Waals surface area (Å²) in [6.45, 7) is 4.47. The highest BCUT2D eigenvalue weighted by atomic mass is 32.2. The van der Waals surface area contributed by atoms with Gasteiger partial charge in [-0.1, -0.05) is 85.4 Å². The van der Waals surface area contributed by atoms with Crippen LogP contribution in [0.5, 0.6) is 0 Å². The van der Waals surface area contributed by atoms with Crippen molar-refractivity contribution < 1.29 is 13.5 Å². The summed E-state index contributed by atoms with van der Waals surface area (Å²) in [5.41, 5.74) is 2.14. The van der Waals surface area contributed by atoms with Crippen molar-refractivity contribution in [3.63, 3.8) is 0 Å². The fraction of sp³-hybridized carbons (Fsp3) is 0.200. The molecule has 0 aliphatic heterocycles. The minimum Gasteiger partial charge on any atom is -0.395 e. The average Bonchev–Trinajstić information content (AvgIpc) is 2.79. The minimum absolute atomic E-state index is 0.0829. The minimum atomic E-state index is -3.66. The third-order valence-electron chi connectivity index (χ3n) is 5.08. The topological polar surface area (TPSA) is 57.6 Å². The molecule has 1 atom stereocenters. The second-order valence-electron chi connectivity index (χ2n) is 7.27. The van der Waals surface area contributed by atoms with Gasteiger partial charge in [-0.2, -0.15) is 0 Å². The molecule has 4 nitrogen and oxygen atoms in total. The van der Waals surface area contributed by atoms with Crippen molar-refractivity contribution in [3.8, 4) is 0 Å². The van der Waals surface area contributed by atoms with Gasteiger partial charge < -0.3 is 5.11 Å². The lowest BCUT2D eigenvalue weighted by atomic mass is 10.0. The summed E-state index contributed by atoms with van der Waals surface area (Å²) in [5, 5.41) is 10.1. The van der Waals surface area contributed by atoms with Crippen molar-refractivity contribution in [1.29, 1.82) is 0 Å². The van der Waals surface area contributed by atoms with Crippen LogP contribution in [0.1, 0.15) is 11.1 Å². The van der Waals surface area contributed by atoms with E-state index in [0.29, 0.717) is 13.0 Å². The monoisotopic (exact) mass is 421 g/mol. The van der Waals surface area contributed by atoms with E-state index < -0.39 is 9.84 Å². The molecule has 0 heterocycles. The summed E-state index contributed by atoms with van der Waals surface area (Å²) in [4.78, 5) is 2.35. The van der Waals surface area contributed by atoms with Gasteiger partial charge >= 0.3 is 0 Å². The first-order valence-corrected chi connectivity index (χ1v) is 11.4. The average molecular weight is 422 g/mol. The molecule has 3 rings (SSSR count). The molecule has 0 spiro atoms. The molecule has 5 heteroatoms. The summed E-state index contributed by atoms with van der Waals surface area (Å²) in [6, 6.07) is 27.9. The van der Waals surface area contributed by atoms with Crippen molar-refractivity contribution in [2.75, 3.05) is 13.2 Å². The highest BCUT2D eigenvalue weighted by Crippen LogP contribution is 2.21. The third kappa shape index (κ3) is 5.66. The summed E-state index contributed by atoms with van der Waals surface area (Å²) in [6.07, 6.45) is 0.614. The van der Waals surface area contributed by atoms with Gasteiger partial charge in [-0.25, -0.2) is 8.42 Å². The van der Waals surface area contributed by atoms with E-state index >= 15 is 0 Å². The van der Waals surface area contributed by atoms with E-state index in [0.717, 1.165) is 11.1 Å². The highest BCUT2D eigenvalue weighted by molar-refractivity contribution is 7.95. The zero-order chi connectivity index (χ0) is 21.4. The number of nitrogens with zero attached hydrogens (tertiary/aromatic N) is 1. The maximum atomic E-state index is 13.0. The van der Waals surface area contributed by atoms with Crippen LogP contribution < -0.4 is 0 Å². The SMILES string of the molecule is C=C(CN(Cc1ccccc1)[C@@H](CO)Cc1ccccc1)S(=O)(=O)c1ccccc1. The molecule has 0 fully saturated rings. The van der Waals surface area contributed by atoms with Crippen LogP contribution in [-0.2, 0) is 22.8 Å². The number of hydrogen-bond acceptors (Lipinski definition) is 4. The summed E-state index contributed by atoms with van der Waals surface area (Å²) in [5.74, 6) is 0. The Morgan fingerprint density at radius 2 is 1.33 bits per heavy atom. The molecule has 3 aromatic carbocycles. The van der Waals surface area contributed by atoms with Gasteiger partial charge in [-0.3, -0.25) is 4.90 Å². The third-order valence-corrected chi connectivity index (χ3v) is 6.86. The van der Waals surface area contributed by atoms with Gasteiger partial charge in [0.1, 0.15) is 0 Å². The van der Waals surface area contributed by atoms with E-state index in [1.807, 2.05) is 65.6 Å². The van der Waals surface area contributed by atoms with Gasteiger partial charge in [0.25, 0.3) is 0 Å². The number of benzene rings is 3. The fourth-order valence-corrected chi connectivity index (χ4v) is 4.59. The van der Waals surface area contributed by atoms with Crippen molar-refractivity contribution in [1.82, 2.24) is 4.90 Å². The van der Waals surface area contributed by atoms with Crippen molar-refractivity contribution in [2.45, 2.75) is 23.9 Å². The second kappa shape index (κ2) is 10.3. The Hall–Kier alpha value is -2.73. The molecule has 0 bridgehead atoms. The fourth-order valence-electron chi connectivity index (χ4n) is 3.41. The number of aliphatic hydroxyl groups is 1. The zero-order valence-electron chi connectivity index (χ0n) is 16.9. The van der Waals surface area contributed by atoms with Crippen LogP contribution in [0.3, 0.4) is 0 Å². The molecule has 0 aliphatic rings. The van der Waals surface area contributed by atoms with Crippen LogP contribution in [0.4, 0.5) is 0 Å². The number of hydrogen-bond donors (Lipinski definition) is 1. The first kappa shape index (κ1) is 22.0. The van der Waals surface area contributed by atoms with Gasteiger partial charge in [0.2, 0.25) is 9.84 Å². The van der Waals surface area contributed by atoms with Crippen molar-refractivity contribution >= 4 is 9.84 Å². The molecular formula is C25H27NO3S. The van der Waals surface area contributed by atoms with Crippen LogP contribution >= 0.6 is 0 Å². The predicted molar refractivity (Wildman–Crippen MR) is 121 cm³/mol. The Morgan fingerprint density at radius 1 is 0.833 bits per heavy atom. The molecule has 156 valence electrons. The standard InChI is InChI=1S/C25H27NO3S/c1-21(30(28,29)25-15-9-4-10-16-25)18-26(19-23-13-7-3-8-14-23)24(20-27)17-22-11-5-2-6-12-22/h2-16,24,27H,1,17-20H2/t24-/m1/s1. The molecular weight excluding hydrogens is 394 g/mol. The number of sulfone groups is 1. The van der Waals surface area contributed by atoms with E-state index in [1.165, 1.54) is 0 Å². The molecule has 1 N–H and O–H groups in total. The largest absolute Gasteiger partial charge is 0.395 e. The van der Waals surface area contributed by atoms with Crippen molar-refractivity contribution in [3.05, 3.63) is 114 Å². The number of rotatable bonds is 10. The van der Waals surface area contributed by atoms with E-state index in [-0.39, 0.29) is 29.0 Å². The first-order chi connectivity index (χ1) is 14.5. The van der Waals surface area contributed by atoms with E-state index in [1.54, 1.807) is 30.3 Å². The van der Waals surface area contributed by atoms with Crippen LogP contribution in [0.2, 0.25) is 0 Å². The molecule has 30 heavy (non-hydrogen) atoms. The molecule has 0 aromatic heterocycles. The Labute approximate surface area is 179 Å². The van der Waals surface area contributed by atoms with E-state index in [9.17, 15) is 13.5 Å². The Balaban J connectivity index is 1.85. The summed E-state index contributed by atoms with van der Waals surface area (Å²) >= 11 is 0. The Bertz CT molecular complexity index is 1040. The van der Waals surface area contributed by atoms with Gasteiger partial charge in [-0.05, 0) is 29.7 Å². The smallest absolute Gasteiger partial charge is 0.203 e. The summed E-state index contributed by atoms with van der Waals surface area (Å²) < 4.78 is 26.0. The molecule has 3 aromatic rings. The lowest BCUT2D eigenvalue weighted by Crippen LogP contribution is -2.41. The first-order valence-electron chi connectivity index (χ1n) is 9.91. The molecule has 0 radical (unpaired) electrons. The van der Waals surface area contributed by atoms with E-state index in [2.05, 4.69) is 6.58 Å². The Morgan fingerprint density at radius 3 is 1.87 bits per heavy atom. The van der Waals surface area contributed by atoms with Gasteiger partial charge in [0.05, 0.1) is 16.4 Å². The Kier molecular flexibility index (Phi) is 7.57. The van der Waals surface area contributed by atoms with Crippen molar-refractivity contribution in [2.24, 2.45) is 0 Å². The number of aliphatic hydroxyl groups excluding tert-OH is 1. The summed E-state index contributed by atoms with van der Waals surface area (Å²) in [7, 11) is -3.66. The van der Waals surface area contributed by atoms with Crippen LogP contribution in [0.15, 0.2) is 107 Å². The quantitative estimate of drug-likeness (QED) is 0.536. The van der Waals surface area contributed by atoms with Gasteiger partial charge in [0, 0.05) is 19.1 Å². The second-order valence-corrected chi connectivity index (χ2v) is 9.33. The maximum absolute atomic E-state index is 13.0. The van der Waals surface area contributed by atoms with Crippen LogP contribution in [0, 0.1) is 0 Å². The van der Waals surface area contributed by atoms with E-state index in [4.69, 9.17) is 0 Å². The lowest BCUT2D eigenvalue weighted by molar-refractivity contribution is 0.126. The van der Waals surface area contributed by atoms with Crippen LogP contribution in [-0.4, -0.2) is 37.6 Å². The van der Waals surface area contributed by atoms with Crippen LogP contribution in [0.25, 0.3) is 0 Å². The molecule has 0 amide bonds. The highest BCUT2D eigenvalue weighted by Gasteiger charge is 2.25.